The van der Waals surface area contributed by atoms with E-state index in [1.165, 1.54) is 0 Å². The van der Waals surface area contributed by atoms with E-state index in [9.17, 15) is 0 Å². The minimum absolute atomic E-state index is 0.0938. The normalized spacial score (nSPS) is 14.4. The van der Waals surface area contributed by atoms with Crippen LogP contribution in [0.1, 0.15) is 26.2 Å². The number of aliphatic hydroxyl groups excluding tert-OH is 2. The zero-order valence-corrected chi connectivity index (χ0v) is 8.53. The highest BCUT2D eigenvalue weighted by atomic mass is 16.3. The number of allylic oxidation sites excluding steroid dienone is 4. The van der Waals surface area contributed by atoms with E-state index in [2.05, 4.69) is 12.1 Å². The molecule has 0 radical (unpaired) electrons. The molecule has 1 aliphatic carbocycles. The van der Waals surface area contributed by atoms with Gasteiger partial charge in [-0.25, -0.2) is 0 Å². The number of nitrogens with zero attached hydrogens (tertiary/aromatic N) is 1. The highest BCUT2D eigenvalue weighted by Gasteiger charge is 2.00. The molecule has 0 unspecified atom stereocenters. The Labute approximate surface area is 85.0 Å². The Bertz CT molecular complexity index is 247. The summed E-state index contributed by atoms with van der Waals surface area (Å²) in [6.45, 7) is 2.17. The summed E-state index contributed by atoms with van der Waals surface area (Å²) < 4.78 is 0. The van der Waals surface area contributed by atoms with Crippen molar-refractivity contribution in [3.63, 3.8) is 0 Å². The summed E-state index contributed by atoms with van der Waals surface area (Å²) >= 11 is 0. The van der Waals surface area contributed by atoms with Crippen LogP contribution in [-0.4, -0.2) is 23.4 Å². The maximum atomic E-state index is 8.50. The van der Waals surface area contributed by atoms with Crippen LogP contribution >= 0.6 is 0 Å². The topological polar surface area (TPSA) is 64.2 Å². The second-order valence-electron chi connectivity index (χ2n) is 2.99. The van der Waals surface area contributed by atoms with Crippen molar-refractivity contribution in [2.75, 3.05) is 13.2 Å². The second-order valence-corrected chi connectivity index (χ2v) is 2.99. The zero-order valence-electron chi connectivity index (χ0n) is 8.53. The van der Waals surface area contributed by atoms with Crippen LogP contribution < -0.4 is 0 Å². The average molecular weight is 195 g/mol. The van der Waals surface area contributed by atoms with Gasteiger partial charge in [0.15, 0.2) is 0 Å². The monoisotopic (exact) mass is 195 g/mol. The lowest BCUT2D eigenvalue weighted by Crippen LogP contribution is -1.87. The summed E-state index contributed by atoms with van der Waals surface area (Å²) in [5, 5.41) is 24.3. The Kier molecular flexibility index (Phi) is 7.81. The fourth-order valence-electron chi connectivity index (χ4n) is 1.00. The third-order valence-electron chi connectivity index (χ3n) is 1.83. The first-order valence-corrected chi connectivity index (χ1v) is 4.75. The van der Waals surface area contributed by atoms with Crippen LogP contribution in [0.2, 0.25) is 0 Å². The van der Waals surface area contributed by atoms with E-state index >= 15 is 0 Å². The Morgan fingerprint density at radius 2 is 1.86 bits per heavy atom. The van der Waals surface area contributed by atoms with E-state index in [-0.39, 0.29) is 13.2 Å². The van der Waals surface area contributed by atoms with E-state index < -0.39 is 0 Å². The highest BCUT2D eigenvalue weighted by Crippen LogP contribution is 2.16. The van der Waals surface area contributed by atoms with Gasteiger partial charge in [-0.3, -0.25) is 0 Å². The maximum Gasteiger partial charge on any atom is 0.0990 e. The van der Waals surface area contributed by atoms with Crippen LogP contribution in [0.3, 0.4) is 0 Å². The molecule has 0 saturated carbocycles. The average Bonchev–Trinajstić information content (AvgIpc) is 2.21. The molecule has 0 aromatic heterocycles. The summed E-state index contributed by atoms with van der Waals surface area (Å²) in [7, 11) is 0. The highest BCUT2D eigenvalue weighted by molar-refractivity contribution is 5.42. The minimum atomic E-state index is 0.0938. The van der Waals surface area contributed by atoms with Crippen molar-refractivity contribution in [2.45, 2.75) is 26.2 Å². The van der Waals surface area contributed by atoms with Gasteiger partial charge in [-0.1, -0.05) is 12.2 Å². The van der Waals surface area contributed by atoms with E-state index in [0.29, 0.717) is 6.42 Å². The number of nitriles is 1. The Balaban J connectivity index is 0.000000292. The van der Waals surface area contributed by atoms with Crippen molar-refractivity contribution < 1.29 is 10.2 Å². The molecule has 2 N–H and O–H groups in total. The predicted molar refractivity (Wildman–Crippen MR) is 55.5 cm³/mol. The smallest absolute Gasteiger partial charge is 0.0990 e. The van der Waals surface area contributed by atoms with Gasteiger partial charge in [0.25, 0.3) is 0 Å². The van der Waals surface area contributed by atoms with Gasteiger partial charge in [-0.2, -0.15) is 5.26 Å². The van der Waals surface area contributed by atoms with Crippen molar-refractivity contribution in [1.82, 2.24) is 0 Å². The van der Waals surface area contributed by atoms with Crippen molar-refractivity contribution in [1.29, 1.82) is 5.26 Å². The lowest BCUT2D eigenvalue weighted by atomic mass is 10.0. The van der Waals surface area contributed by atoms with Crippen LogP contribution in [0.5, 0.6) is 0 Å². The predicted octanol–water partition coefficient (Wildman–Crippen LogP) is 1.54. The summed E-state index contributed by atoms with van der Waals surface area (Å²) in [5.41, 5.74) is 1.98. The van der Waals surface area contributed by atoms with Gasteiger partial charge in [0.1, 0.15) is 0 Å². The lowest BCUT2D eigenvalue weighted by molar-refractivity contribution is 0.221. The van der Waals surface area contributed by atoms with Crippen molar-refractivity contribution in [3.8, 4) is 6.07 Å². The Hall–Kier alpha value is -1.11. The Morgan fingerprint density at radius 3 is 2.14 bits per heavy atom. The van der Waals surface area contributed by atoms with Crippen LogP contribution in [0.15, 0.2) is 23.3 Å². The zero-order chi connectivity index (χ0) is 10.8. The third kappa shape index (κ3) is 5.52. The van der Waals surface area contributed by atoms with Crippen molar-refractivity contribution in [2.24, 2.45) is 0 Å². The quantitative estimate of drug-likeness (QED) is 0.702. The molecule has 0 amide bonds. The van der Waals surface area contributed by atoms with Crippen LogP contribution in [-0.2, 0) is 0 Å². The molecule has 14 heavy (non-hydrogen) atoms. The lowest BCUT2D eigenvalue weighted by Gasteiger charge is -2.03. The minimum Gasteiger partial charge on any atom is -0.396 e. The van der Waals surface area contributed by atoms with E-state index in [1.54, 1.807) is 0 Å². The van der Waals surface area contributed by atoms with Gasteiger partial charge >= 0.3 is 0 Å². The van der Waals surface area contributed by atoms with Crippen LogP contribution in [0.25, 0.3) is 0 Å². The molecule has 0 spiro atoms. The molecule has 3 heteroatoms. The van der Waals surface area contributed by atoms with Gasteiger partial charge in [-0.15, -0.1) is 0 Å². The van der Waals surface area contributed by atoms with Gasteiger partial charge < -0.3 is 10.2 Å². The second kappa shape index (κ2) is 8.49. The van der Waals surface area contributed by atoms with Gasteiger partial charge in [0.05, 0.1) is 11.6 Å². The van der Waals surface area contributed by atoms with Crippen LogP contribution in [0.4, 0.5) is 0 Å². The number of rotatable bonds is 2. The first-order valence-electron chi connectivity index (χ1n) is 4.75. The van der Waals surface area contributed by atoms with Gasteiger partial charge in [-0.05, 0) is 31.8 Å². The number of aliphatic hydroxyl groups is 2. The summed E-state index contributed by atoms with van der Waals surface area (Å²) in [6.07, 6.45) is 6.73. The molecule has 3 nitrogen and oxygen atoms in total. The SMILES string of the molecule is CC1=CCCC=C1C#N.OCCCO. The van der Waals surface area contributed by atoms with Gasteiger partial charge in [0, 0.05) is 13.2 Å². The molecular formula is C11H17NO2. The summed E-state index contributed by atoms with van der Waals surface area (Å²) in [5.74, 6) is 0. The molecule has 0 aromatic rings. The third-order valence-corrected chi connectivity index (χ3v) is 1.83. The van der Waals surface area contributed by atoms with Crippen molar-refractivity contribution in [3.05, 3.63) is 23.3 Å². The molecular weight excluding hydrogens is 178 g/mol. The summed E-state index contributed by atoms with van der Waals surface area (Å²) in [4.78, 5) is 0. The fourth-order valence-corrected chi connectivity index (χ4v) is 1.00. The molecule has 78 valence electrons. The first kappa shape index (κ1) is 12.9. The molecule has 1 rings (SSSR count). The number of hydrogen-bond acceptors (Lipinski definition) is 3. The van der Waals surface area contributed by atoms with E-state index in [4.69, 9.17) is 15.5 Å². The largest absolute Gasteiger partial charge is 0.396 e. The van der Waals surface area contributed by atoms with E-state index in [1.807, 2.05) is 13.0 Å². The molecule has 0 bridgehead atoms. The van der Waals surface area contributed by atoms with Crippen molar-refractivity contribution >= 4 is 0 Å². The Morgan fingerprint density at radius 1 is 1.29 bits per heavy atom. The first-order chi connectivity index (χ1) is 6.76. The van der Waals surface area contributed by atoms with E-state index in [0.717, 1.165) is 24.0 Å². The molecule has 0 heterocycles. The van der Waals surface area contributed by atoms with Gasteiger partial charge in [0.2, 0.25) is 0 Å². The molecule has 0 fully saturated rings. The molecule has 0 aliphatic heterocycles. The number of hydrogen-bond donors (Lipinski definition) is 2. The molecule has 0 atom stereocenters. The maximum absolute atomic E-state index is 8.50. The van der Waals surface area contributed by atoms with Crippen LogP contribution in [0, 0.1) is 11.3 Å². The molecule has 0 saturated heterocycles. The summed E-state index contributed by atoms with van der Waals surface area (Å²) in [6, 6.07) is 2.15. The fraction of sp³-hybridized carbons (Fsp3) is 0.545. The molecule has 1 aliphatic rings. The standard InChI is InChI=1S/C8H9N.C3H8O2/c1-7-4-2-3-5-8(7)6-9;4-2-1-3-5/h4-5H,2-3H2,1H3;4-5H,1-3H2. The molecule has 0 aromatic carbocycles.